The summed E-state index contributed by atoms with van der Waals surface area (Å²) in [6, 6.07) is 8.06. The average molecular weight is 476 g/mol. The van der Waals surface area contributed by atoms with Gasteiger partial charge in [0.2, 0.25) is 0 Å². The quantitative estimate of drug-likeness (QED) is 0.324. The third-order valence-electron chi connectivity index (χ3n) is 6.33. The number of benzene rings is 1. The van der Waals surface area contributed by atoms with E-state index in [9.17, 15) is 4.79 Å². The van der Waals surface area contributed by atoms with Gasteiger partial charge in [0.25, 0.3) is 0 Å². The van der Waals surface area contributed by atoms with E-state index in [0.717, 1.165) is 35.8 Å². The Morgan fingerprint density at radius 2 is 1.73 bits per heavy atom. The summed E-state index contributed by atoms with van der Waals surface area (Å²) in [5.41, 5.74) is 2.13. The van der Waals surface area contributed by atoms with E-state index in [4.69, 9.17) is 0 Å². The van der Waals surface area contributed by atoms with Crippen molar-refractivity contribution in [2.24, 2.45) is 17.3 Å². The van der Waals surface area contributed by atoms with Gasteiger partial charge < -0.3 is 0 Å². The van der Waals surface area contributed by atoms with Crippen molar-refractivity contribution in [3.63, 3.8) is 0 Å². The van der Waals surface area contributed by atoms with Crippen molar-refractivity contribution in [1.82, 2.24) is 14.5 Å². The molecule has 1 N–H and O–H groups in total. The second-order valence-electron chi connectivity index (χ2n) is 10.4. The average Bonchev–Trinajstić information content (AvgIpc) is 3.14. The van der Waals surface area contributed by atoms with Gasteiger partial charge in [0, 0.05) is 30.6 Å². The number of Topliss-reactive ketones (excluding diaryl/α,β-unsaturated/α-hetero) is 1. The van der Waals surface area contributed by atoms with Crippen LogP contribution < -0.4 is 4.72 Å². The van der Waals surface area contributed by atoms with Gasteiger partial charge >= 0.3 is 0 Å². The maximum atomic E-state index is 11.7. The summed E-state index contributed by atoms with van der Waals surface area (Å²) in [7, 11) is 0. The lowest BCUT2D eigenvalue weighted by atomic mass is 9.82. The Labute approximate surface area is 207 Å². The predicted octanol–water partition coefficient (Wildman–Crippen LogP) is 8.16. The molecule has 0 amide bonds. The Bertz CT molecular complexity index is 816. The first-order valence-corrected chi connectivity index (χ1v) is 13.8. The first-order valence-electron chi connectivity index (χ1n) is 12.9. The van der Waals surface area contributed by atoms with Crippen LogP contribution in [0.4, 0.5) is 0 Å². The molecule has 4 nitrogen and oxygen atoms in total. The van der Waals surface area contributed by atoms with Crippen molar-refractivity contribution in [3.8, 4) is 0 Å². The molecule has 1 heterocycles. The van der Waals surface area contributed by atoms with Crippen LogP contribution in [0.2, 0.25) is 0 Å². The number of nitrogens with zero attached hydrogens (tertiary/aromatic N) is 2. The van der Waals surface area contributed by atoms with Gasteiger partial charge in [-0.3, -0.25) is 14.2 Å². The van der Waals surface area contributed by atoms with Crippen LogP contribution in [0.1, 0.15) is 105 Å². The van der Waals surface area contributed by atoms with Crippen LogP contribution in [0.15, 0.2) is 24.3 Å². The zero-order valence-electron chi connectivity index (χ0n) is 22.7. The molecule has 5 heteroatoms. The second-order valence-corrected chi connectivity index (χ2v) is 11.9. The zero-order valence-corrected chi connectivity index (χ0v) is 23.5. The molecule has 0 spiro atoms. The standard InChI is InChI=1S/C16H20N2O.C10H23NS.C2H6/c1-12(19)16-14-9-5-6-10-15(14)18(17-16)11-13-7-3-2-4-8-13;1-8(2)12-11-7-9(3)10(4,5)6;1-2/h5-6,9-10,13H,2-4,7-8,11H2,1H3;8-9,11H,7H2,1-6H3;1-2H3. The van der Waals surface area contributed by atoms with Crippen LogP contribution in [-0.2, 0) is 6.54 Å². The second kappa shape index (κ2) is 14.8. The summed E-state index contributed by atoms with van der Waals surface area (Å²) in [6.45, 7) is 21.2. The Morgan fingerprint density at radius 3 is 2.27 bits per heavy atom. The number of rotatable bonds is 7. The first-order chi connectivity index (χ1) is 15.6. The van der Waals surface area contributed by atoms with Crippen LogP contribution in [-0.4, -0.2) is 27.4 Å². The molecule has 1 aromatic carbocycles. The first kappa shape index (κ1) is 29.7. The van der Waals surface area contributed by atoms with E-state index in [-0.39, 0.29) is 5.78 Å². The van der Waals surface area contributed by atoms with Gasteiger partial charge in [-0.2, -0.15) is 5.10 Å². The van der Waals surface area contributed by atoms with Crippen molar-refractivity contribution in [2.45, 2.75) is 106 Å². The fraction of sp³-hybridized carbons (Fsp3) is 0.714. The topological polar surface area (TPSA) is 46.9 Å². The molecular formula is C28H49N3OS. The molecule has 0 bridgehead atoms. The molecule has 188 valence electrons. The third-order valence-corrected chi connectivity index (χ3v) is 7.14. The molecule has 1 saturated carbocycles. The van der Waals surface area contributed by atoms with Crippen molar-refractivity contribution in [2.75, 3.05) is 6.54 Å². The van der Waals surface area contributed by atoms with Gasteiger partial charge in [0.1, 0.15) is 5.69 Å². The number of nitrogens with one attached hydrogen (secondary N) is 1. The Kier molecular flexibility index (Phi) is 13.3. The van der Waals surface area contributed by atoms with Crippen LogP contribution >= 0.6 is 11.9 Å². The van der Waals surface area contributed by atoms with Crippen LogP contribution in [0.5, 0.6) is 0 Å². The Hall–Kier alpha value is -1.33. The van der Waals surface area contributed by atoms with Gasteiger partial charge in [0.05, 0.1) is 5.52 Å². The lowest BCUT2D eigenvalue weighted by molar-refractivity contribution is 0.101. The number of aromatic nitrogens is 2. The molecule has 3 rings (SSSR count). The maximum absolute atomic E-state index is 11.7. The number of hydrogen-bond donors (Lipinski definition) is 1. The highest BCUT2D eigenvalue weighted by Gasteiger charge is 2.20. The van der Waals surface area contributed by atoms with E-state index in [1.165, 1.54) is 32.1 Å². The van der Waals surface area contributed by atoms with E-state index < -0.39 is 0 Å². The fourth-order valence-electron chi connectivity index (χ4n) is 3.79. The van der Waals surface area contributed by atoms with Crippen LogP contribution in [0, 0.1) is 17.3 Å². The monoisotopic (exact) mass is 475 g/mol. The maximum Gasteiger partial charge on any atom is 0.180 e. The Morgan fingerprint density at radius 1 is 1.12 bits per heavy atom. The van der Waals surface area contributed by atoms with Gasteiger partial charge in [-0.1, -0.05) is 105 Å². The predicted molar refractivity (Wildman–Crippen MR) is 147 cm³/mol. The van der Waals surface area contributed by atoms with Crippen LogP contribution in [0.25, 0.3) is 10.9 Å². The van der Waals surface area contributed by atoms with Crippen LogP contribution in [0.3, 0.4) is 0 Å². The van der Waals surface area contributed by atoms with Gasteiger partial charge in [0.15, 0.2) is 5.78 Å². The molecule has 2 aromatic rings. The zero-order chi connectivity index (χ0) is 25.0. The summed E-state index contributed by atoms with van der Waals surface area (Å²) in [5.74, 6) is 1.50. The highest BCUT2D eigenvalue weighted by atomic mass is 32.2. The number of carbonyl (C=O) groups excluding carboxylic acids is 1. The molecule has 1 aliphatic carbocycles. The summed E-state index contributed by atoms with van der Waals surface area (Å²) >= 11 is 1.83. The fourth-order valence-corrected chi connectivity index (χ4v) is 4.47. The van der Waals surface area contributed by atoms with E-state index in [1.54, 1.807) is 6.92 Å². The van der Waals surface area contributed by atoms with Crippen molar-refractivity contribution >= 4 is 28.6 Å². The molecule has 33 heavy (non-hydrogen) atoms. The summed E-state index contributed by atoms with van der Waals surface area (Å²) in [6.07, 6.45) is 6.63. The number of para-hydroxylation sites is 1. The molecule has 1 aliphatic rings. The minimum absolute atomic E-state index is 0.0543. The summed E-state index contributed by atoms with van der Waals surface area (Å²) in [5, 5.41) is 6.22. The number of carbonyl (C=O) groups is 1. The molecule has 0 saturated heterocycles. The highest BCUT2D eigenvalue weighted by Crippen LogP contribution is 2.27. The number of hydrogen-bond acceptors (Lipinski definition) is 4. The normalized spacial score (nSPS) is 15.5. The SMILES string of the molecule is CC.CC(=O)c1nn(CC2CCCCC2)c2ccccc12.CC(C)SNCC(C)C(C)(C)C. The summed E-state index contributed by atoms with van der Waals surface area (Å²) in [4.78, 5) is 11.7. The molecule has 0 radical (unpaired) electrons. The minimum atomic E-state index is 0.0543. The van der Waals surface area contributed by atoms with Gasteiger partial charge in [-0.15, -0.1) is 0 Å². The lowest BCUT2D eigenvalue weighted by Gasteiger charge is -2.27. The van der Waals surface area contributed by atoms with E-state index >= 15 is 0 Å². The highest BCUT2D eigenvalue weighted by molar-refractivity contribution is 7.97. The van der Waals surface area contributed by atoms with E-state index in [0.29, 0.717) is 16.4 Å². The van der Waals surface area contributed by atoms with Gasteiger partial charge in [-0.05, 0) is 36.2 Å². The molecular weight excluding hydrogens is 426 g/mol. The van der Waals surface area contributed by atoms with Crippen molar-refractivity contribution in [3.05, 3.63) is 30.0 Å². The minimum Gasteiger partial charge on any atom is -0.293 e. The third kappa shape index (κ3) is 10.2. The van der Waals surface area contributed by atoms with Gasteiger partial charge in [-0.25, -0.2) is 0 Å². The molecule has 1 fully saturated rings. The number of ketones is 1. The molecule has 1 atom stereocenters. The van der Waals surface area contributed by atoms with Crippen molar-refractivity contribution in [1.29, 1.82) is 0 Å². The number of fused-ring (bicyclic) bond motifs is 1. The Balaban J connectivity index is 0.000000339. The van der Waals surface area contributed by atoms with Crippen molar-refractivity contribution < 1.29 is 4.79 Å². The van der Waals surface area contributed by atoms with E-state index in [1.807, 2.05) is 48.7 Å². The summed E-state index contributed by atoms with van der Waals surface area (Å²) < 4.78 is 5.45. The largest absolute Gasteiger partial charge is 0.293 e. The smallest absolute Gasteiger partial charge is 0.180 e. The lowest BCUT2D eigenvalue weighted by Crippen LogP contribution is -2.27. The molecule has 1 aromatic heterocycles. The molecule has 0 aliphatic heterocycles. The van der Waals surface area contributed by atoms with E-state index in [2.05, 4.69) is 57.4 Å². The molecule has 1 unspecified atom stereocenters.